The lowest BCUT2D eigenvalue weighted by molar-refractivity contribution is 0.0697. The zero-order valence-corrected chi connectivity index (χ0v) is 11.3. The van der Waals surface area contributed by atoms with Crippen molar-refractivity contribution in [2.24, 2.45) is 0 Å². The average molecular weight is 288 g/mol. The minimum Gasteiger partial charge on any atom is -0.478 e. The Morgan fingerprint density at radius 1 is 1.30 bits per heavy atom. The number of hydrogen-bond acceptors (Lipinski definition) is 3. The van der Waals surface area contributed by atoms with Gasteiger partial charge in [-0.05, 0) is 36.8 Å². The van der Waals surface area contributed by atoms with Crippen LogP contribution in [-0.2, 0) is 0 Å². The van der Waals surface area contributed by atoms with Crippen LogP contribution in [0, 0.1) is 6.92 Å². The second kappa shape index (κ2) is 4.65. The molecule has 0 atom stereocenters. The van der Waals surface area contributed by atoms with Gasteiger partial charge in [0.2, 0.25) is 5.89 Å². The number of aromatic nitrogens is 1. The van der Waals surface area contributed by atoms with E-state index in [1.165, 1.54) is 12.1 Å². The first-order valence-corrected chi connectivity index (χ1v) is 6.33. The van der Waals surface area contributed by atoms with Crippen molar-refractivity contribution < 1.29 is 14.3 Å². The van der Waals surface area contributed by atoms with Crippen molar-refractivity contribution in [2.45, 2.75) is 6.92 Å². The van der Waals surface area contributed by atoms with Gasteiger partial charge in [-0.25, -0.2) is 9.78 Å². The minimum atomic E-state index is -1.00. The van der Waals surface area contributed by atoms with Crippen LogP contribution in [0.15, 0.2) is 40.8 Å². The van der Waals surface area contributed by atoms with E-state index in [-0.39, 0.29) is 5.56 Å². The molecule has 0 amide bonds. The Hall–Kier alpha value is -2.33. The summed E-state index contributed by atoms with van der Waals surface area (Å²) < 4.78 is 5.62. The van der Waals surface area contributed by atoms with E-state index in [1.54, 1.807) is 6.07 Å². The number of nitrogens with zero attached hydrogens (tertiary/aromatic N) is 1. The van der Waals surface area contributed by atoms with Crippen molar-refractivity contribution in [3.8, 4) is 11.5 Å². The summed E-state index contributed by atoms with van der Waals surface area (Å²) in [5.41, 5.74) is 2.81. The van der Waals surface area contributed by atoms with Crippen molar-refractivity contribution in [2.75, 3.05) is 0 Å². The summed E-state index contributed by atoms with van der Waals surface area (Å²) in [5.74, 6) is -0.616. The molecule has 0 aliphatic carbocycles. The molecular weight excluding hydrogens is 278 g/mol. The highest BCUT2D eigenvalue weighted by atomic mass is 35.5. The average Bonchev–Trinajstić information content (AvgIpc) is 2.84. The van der Waals surface area contributed by atoms with Crippen LogP contribution in [0.25, 0.3) is 22.6 Å². The fraction of sp³-hybridized carbons (Fsp3) is 0.0667. The molecule has 4 nitrogen and oxygen atoms in total. The molecule has 100 valence electrons. The largest absolute Gasteiger partial charge is 0.478 e. The summed E-state index contributed by atoms with van der Waals surface area (Å²) in [6, 6.07) is 10.2. The fourth-order valence-corrected chi connectivity index (χ4v) is 2.19. The molecular formula is C15H10ClNO3. The molecule has 0 aliphatic heterocycles. The molecule has 0 fully saturated rings. The summed E-state index contributed by atoms with van der Waals surface area (Å²) in [5, 5.41) is 9.55. The number of aromatic carboxylic acids is 1. The molecule has 0 saturated carbocycles. The van der Waals surface area contributed by atoms with Gasteiger partial charge < -0.3 is 9.52 Å². The summed E-state index contributed by atoms with van der Waals surface area (Å²) in [6.07, 6.45) is 0. The third-order valence-electron chi connectivity index (χ3n) is 3.06. The maximum atomic E-state index is 10.9. The van der Waals surface area contributed by atoms with Crippen LogP contribution in [-0.4, -0.2) is 16.1 Å². The van der Waals surface area contributed by atoms with E-state index in [0.29, 0.717) is 27.6 Å². The Bertz CT molecular complexity index is 823. The predicted octanol–water partition coefficient (Wildman–Crippen LogP) is 4.15. The van der Waals surface area contributed by atoms with E-state index in [9.17, 15) is 4.79 Å². The maximum absolute atomic E-state index is 10.9. The summed E-state index contributed by atoms with van der Waals surface area (Å²) in [6.45, 7) is 1.90. The van der Waals surface area contributed by atoms with Crippen molar-refractivity contribution in [3.63, 3.8) is 0 Å². The van der Waals surface area contributed by atoms with Crippen molar-refractivity contribution in [1.82, 2.24) is 4.98 Å². The number of fused-ring (bicyclic) bond motifs is 1. The number of carbonyl (C=O) groups is 1. The minimum absolute atomic E-state index is 0.163. The van der Waals surface area contributed by atoms with E-state index < -0.39 is 5.97 Å². The van der Waals surface area contributed by atoms with E-state index >= 15 is 0 Å². The van der Waals surface area contributed by atoms with Gasteiger partial charge in [-0.1, -0.05) is 23.7 Å². The van der Waals surface area contributed by atoms with Gasteiger partial charge in [0, 0.05) is 0 Å². The third-order valence-corrected chi connectivity index (χ3v) is 3.56. The molecule has 0 aliphatic rings. The zero-order chi connectivity index (χ0) is 14.3. The van der Waals surface area contributed by atoms with Gasteiger partial charge in [-0.2, -0.15) is 0 Å². The van der Waals surface area contributed by atoms with Crippen molar-refractivity contribution in [1.29, 1.82) is 0 Å². The molecule has 3 rings (SSSR count). The Labute approximate surface area is 119 Å². The highest BCUT2D eigenvalue weighted by molar-refractivity contribution is 6.33. The second-order valence-electron chi connectivity index (χ2n) is 4.44. The first-order valence-electron chi connectivity index (χ1n) is 5.95. The zero-order valence-electron chi connectivity index (χ0n) is 10.6. The SMILES string of the molecule is Cc1cccc(-c2nc3ccc(C(=O)O)cc3o2)c1Cl. The van der Waals surface area contributed by atoms with Crippen LogP contribution in [0.2, 0.25) is 5.02 Å². The van der Waals surface area contributed by atoms with Gasteiger partial charge in [-0.3, -0.25) is 0 Å². The van der Waals surface area contributed by atoms with E-state index in [1.807, 2.05) is 25.1 Å². The second-order valence-corrected chi connectivity index (χ2v) is 4.82. The molecule has 0 spiro atoms. The first kappa shape index (κ1) is 12.7. The lowest BCUT2D eigenvalue weighted by atomic mass is 10.1. The lowest BCUT2D eigenvalue weighted by Gasteiger charge is -2.01. The predicted molar refractivity (Wildman–Crippen MR) is 76.2 cm³/mol. The molecule has 2 aromatic carbocycles. The quantitative estimate of drug-likeness (QED) is 0.769. The summed E-state index contributed by atoms with van der Waals surface area (Å²) in [4.78, 5) is 15.3. The monoisotopic (exact) mass is 287 g/mol. The molecule has 3 aromatic rings. The number of hydrogen-bond donors (Lipinski definition) is 1. The smallest absolute Gasteiger partial charge is 0.335 e. The van der Waals surface area contributed by atoms with Gasteiger partial charge in [0.15, 0.2) is 5.58 Å². The van der Waals surface area contributed by atoms with E-state index in [2.05, 4.69) is 4.98 Å². The molecule has 0 radical (unpaired) electrons. The number of rotatable bonds is 2. The summed E-state index contributed by atoms with van der Waals surface area (Å²) in [7, 11) is 0. The Morgan fingerprint density at radius 3 is 2.85 bits per heavy atom. The molecule has 0 saturated heterocycles. The molecule has 5 heteroatoms. The molecule has 1 N–H and O–H groups in total. The maximum Gasteiger partial charge on any atom is 0.335 e. The van der Waals surface area contributed by atoms with Gasteiger partial charge in [0.25, 0.3) is 0 Å². The van der Waals surface area contributed by atoms with Crippen LogP contribution in [0.3, 0.4) is 0 Å². The molecule has 1 heterocycles. The Kier molecular flexibility index (Phi) is 2.95. The van der Waals surface area contributed by atoms with Crippen LogP contribution in [0.5, 0.6) is 0 Å². The number of carboxylic acids is 1. The van der Waals surface area contributed by atoms with E-state index in [4.69, 9.17) is 21.1 Å². The topological polar surface area (TPSA) is 63.3 Å². The number of oxazole rings is 1. The van der Waals surface area contributed by atoms with Gasteiger partial charge in [0.1, 0.15) is 5.52 Å². The molecule has 0 bridgehead atoms. The van der Waals surface area contributed by atoms with Gasteiger partial charge in [0.05, 0.1) is 16.1 Å². The van der Waals surface area contributed by atoms with Gasteiger partial charge >= 0.3 is 5.97 Å². The number of halogens is 1. The molecule has 20 heavy (non-hydrogen) atoms. The van der Waals surface area contributed by atoms with E-state index in [0.717, 1.165) is 5.56 Å². The van der Waals surface area contributed by atoms with Crippen molar-refractivity contribution >= 4 is 28.7 Å². The Balaban J connectivity index is 2.18. The highest BCUT2D eigenvalue weighted by Crippen LogP contribution is 2.32. The number of carboxylic acid groups (broad SMARTS) is 1. The van der Waals surface area contributed by atoms with Crippen LogP contribution in [0.4, 0.5) is 0 Å². The first-order chi connectivity index (χ1) is 9.56. The third kappa shape index (κ3) is 2.04. The van der Waals surface area contributed by atoms with Gasteiger partial charge in [-0.15, -0.1) is 0 Å². The number of aryl methyl sites for hydroxylation is 1. The molecule has 1 aromatic heterocycles. The normalized spacial score (nSPS) is 10.9. The lowest BCUT2D eigenvalue weighted by Crippen LogP contribution is -1.94. The highest BCUT2D eigenvalue weighted by Gasteiger charge is 2.14. The fourth-order valence-electron chi connectivity index (χ4n) is 1.99. The standard InChI is InChI=1S/C15H10ClNO3/c1-8-3-2-4-10(13(8)16)14-17-11-6-5-9(15(18)19)7-12(11)20-14/h2-7H,1H3,(H,18,19). The van der Waals surface area contributed by atoms with Crippen molar-refractivity contribution in [3.05, 3.63) is 52.5 Å². The number of benzene rings is 2. The summed E-state index contributed by atoms with van der Waals surface area (Å²) >= 11 is 6.24. The van der Waals surface area contributed by atoms with Crippen LogP contribution in [0.1, 0.15) is 15.9 Å². The van der Waals surface area contributed by atoms with Crippen LogP contribution >= 0.6 is 11.6 Å². The Morgan fingerprint density at radius 2 is 2.10 bits per heavy atom. The van der Waals surface area contributed by atoms with Crippen LogP contribution < -0.4 is 0 Å². The molecule has 0 unspecified atom stereocenters.